The van der Waals surface area contributed by atoms with Gasteiger partial charge < -0.3 is 20.4 Å². The molecule has 0 spiro atoms. The SMILES string of the molecule is CC1(C(=O)O)CCCC1NC(=O)N(CCO)C1CCCC1. The van der Waals surface area contributed by atoms with Gasteiger partial charge in [0.1, 0.15) is 0 Å². The zero-order valence-electron chi connectivity index (χ0n) is 12.7. The van der Waals surface area contributed by atoms with Gasteiger partial charge in [-0.1, -0.05) is 19.3 Å². The van der Waals surface area contributed by atoms with E-state index in [9.17, 15) is 19.8 Å². The van der Waals surface area contributed by atoms with Crippen LogP contribution in [0, 0.1) is 5.41 Å². The largest absolute Gasteiger partial charge is 0.481 e. The molecule has 0 heterocycles. The molecule has 0 radical (unpaired) electrons. The molecule has 0 aromatic carbocycles. The molecule has 2 aliphatic rings. The number of carboxylic acids is 1. The van der Waals surface area contributed by atoms with Gasteiger partial charge in [-0.25, -0.2) is 4.79 Å². The normalized spacial score (nSPS) is 29.5. The number of nitrogens with zero attached hydrogens (tertiary/aromatic N) is 1. The predicted molar refractivity (Wildman–Crippen MR) is 78.0 cm³/mol. The van der Waals surface area contributed by atoms with Crippen molar-refractivity contribution in [2.45, 2.75) is 64.0 Å². The molecule has 6 heteroatoms. The quantitative estimate of drug-likeness (QED) is 0.719. The number of rotatable bonds is 5. The van der Waals surface area contributed by atoms with E-state index in [1.165, 1.54) is 0 Å². The lowest BCUT2D eigenvalue weighted by Crippen LogP contribution is -2.54. The van der Waals surface area contributed by atoms with E-state index in [-0.39, 0.29) is 24.7 Å². The second-order valence-corrected chi connectivity index (χ2v) is 6.47. The molecule has 6 nitrogen and oxygen atoms in total. The second-order valence-electron chi connectivity index (χ2n) is 6.47. The fraction of sp³-hybridized carbons (Fsp3) is 0.867. The molecular weight excluding hydrogens is 272 g/mol. The molecule has 2 fully saturated rings. The minimum absolute atomic E-state index is 0.0647. The monoisotopic (exact) mass is 298 g/mol. The molecule has 0 bridgehead atoms. The second kappa shape index (κ2) is 6.64. The van der Waals surface area contributed by atoms with Gasteiger partial charge in [0.05, 0.1) is 12.0 Å². The maximum Gasteiger partial charge on any atom is 0.317 e. The predicted octanol–water partition coefficient (Wildman–Crippen LogP) is 1.58. The van der Waals surface area contributed by atoms with Crippen LogP contribution in [0.1, 0.15) is 51.9 Å². The number of nitrogens with one attached hydrogen (secondary N) is 1. The molecule has 2 saturated carbocycles. The molecule has 120 valence electrons. The van der Waals surface area contributed by atoms with Crippen molar-refractivity contribution in [2.75, 3.05) is 13.2 Å². The van der Waals surface area contributed by atoms with Crippen LogP contribution in [0.5, 0.6) is 0 Å². The number of amides is 2. The molecule has 2 rings (SSSR count). The van der Waals surface area contributed by atoms with Gasteiger partial charge in [-0.05, 0) is 32.6 Å². The molecular formula is C15H26N2O4. The summed E-state index contributed by atoms with van der Waals surface area (Å²) in [7, 11) is 0. The van der Waals surface area contributed by atoms with Crippen LogP contribution in [0.15, 0.2) is 0 Å². The highest BCUT2D eigenvalue weighted by Crippen LogP contribution is 2.38. The van der Waals surface area contributed by atoms with E-state index >= 15 is 0 Å². The topological polar surface area (TPSA) is 89.9 Å². The number of hydrogen-bond acceptors (Lipinski definition) is 3. The van der Waals surface area contributed by atoms with Crippen LogP contribution >= 0.6 is 0 Å². The Morgan fingerprint density at radius 1 is 1.24 bits per heavy atom. The number of aliphatic carboxylic acids is 1. The first-order valence-electron chi connectivity index (χ1n) is 7.90. The van der Waals surface area contributed by atoms with Gasteiger partial charge in [0.25, 0.3) is 0 Å². The third-order valence-corrected chi connectivity index (χ3v) is 5.11. The molecule has 0 aliphatic heterocycles. The maximum absolute atomic E-state index is 12.5. The number of aliphatic hydroxyl groups is 1. The molecule has 2 amide bonds. The Morgan fingerprint density at radius 3 is 2.48 bits per heavy atom. The van der Waals surface area contributed by atoms with Crippen molar-refractivity contribution in [3.63, 3.8) is 0 Å². The lowest BCUT2D eigenvalue weighted by atomic mass is 9.85. The number of urea groups is 1. The summed E-state index contributed by atoms with van der Waals surface area (Å²) < 4.78 is 0. The zero-order chi connectivity index (χ0) is 15.5. The van der Waals surface area contributed by atoms with Crippen molar-refractivity contribution < 1.29 is 19.8 Å². The highest BCUT2D eigenvalue weighted by atomic mass is 16.4. The fourth-order valence-electron chi connectivity index (χ4n) is 3.66. The molecule has 21 heavy (non-hydrogen) atoms. The van der Waals surface area contributed by atoms with Gasteiger partial charge in [-0.2, -0.15) is 0 Å². The molecule has 0 aromatic rings. The summed E-state index contributed by atoms with van der Waals surface area (Å²) in [5, 5.41) is 21.5. The molecule has 2 atom stereocenters. The summed E-state index contributed by atoms with van der Waals surface area (Å²) in [4.78, 5) is 25.6. The number of carbonyl (C=O) groups excluding carboxylic acids is 1. The Kier molecular flexibility index (Phi) is 5.08. The smallest absolute Gasteiger partial charge is 0.317 e. The Hall–Kier alpha value is -1.30. The van der Waals surface area contributed by atoms with Crippen molar-refractivity contribution in [1.29, 1.82) is 0 Å². The van der Waals surface area contributed by atoms with E-state index in [0.717, 1.165) is 32.1 Å². The third kappa shape index (κ3) is 3.31. The standard InChI is InChI=1S/C15H26N2O4/c1-15(13(19)20)8-4-7-12(15)16-14(21)17(9-10-18)11-5-2-3-6-11/h11-12,18H,2-10H2,1H3,(H,16,21)(H,19,20). The highest BCUT2D eigenvalue weighted by Gasteiger charge is 2.46. The first-order chi connectivity index (χ1) is 9.99. The third-order valence-electron chi connectivity index (χ3n) is 5.11. The first kappa shape index (κ1) is 16.1. The van der Waals surface area contributed by atoms with Gasteiger partial charge in [0, 0.05) is 18.6 Å². The Labute approximate surface area is 125 Å². The van der Waals surface area contributed by atoms with Crippen molar-refractivity contribution in [1.82, 2.24) is 10.2 Å². The summed E-state index contributed by atoms with van der Waals surface area (Å²) in [5.41, 5.74) is -0.879. The van der Waals surface area contributed by atoms with Crippen molar-refractivity contribution >= 4 is 12.0 Å². The minimum atomic E-state index is -0.879. The van der Waals surface area contributed by atoms with Crippen LogP contribution in [-0.4, -0.2) is 52.3 Å². The molecule has 0 aromatic heterocycles. The summed E-state index contributed by atoms with van der Waals surface area (Å²) in [6.07, 6.45) is 6.26. The Morgan fingerprint density at radius 2 is 1.90 bits per heavy atom. The van der Waals surface area contributed by atoms with Crippen molar-refractivity contribution in [3.05, 3.63) is 0 Å². The van der Waals surface area contributed by atoms with Gasteiger partial charge in [0.15, 0.2) is 0 Å². The number of hydrogen-bond donors (Lipinski definition) is 3. The maximum atomic E-state index is 12.5. The average molecular weight is 298 g/mol. The van der Waals surface area contributed by atoms with Crippen LogP contribution in [0.25, 0.3) is 0 Å². The van der Waals surface area contributed by atoms with Crippen molar-refractivity contribution in [2.24, 2.45) is 5.41 Å². The van der Waals surface area contributed by atoms with Gasteiger partial charge in [-0.15, -0.1) is 0 Å². The van der Waals surface area contributed by atoms with E-state index in [2.05, 4.69) is 5.32 Å². The van der Waals surface area contributed by atoms with Crippen LogP contribution in [0.3, 0.4) is 0 Å². The van der Waals surface area contributed by atoms with E-state index in [4.69, 9.17) is 0 Å². The van der Waals surface area contributed by atoms with E-state index in [1.54, 1.807) is 11.8 Å². The van der Waals surface area contributed by atoms with Crippen LogP contribution < -0.4 is 5.32 Å². The number of carboxylic acid groups (broad SMARTS) is 1. The van der Waals surface area contributed by atoms with Gasteiger partial charge in [-0.3, -0.25) is 4.79 Å². The Bertz CT molecular complexity index is 395. The zero-order valence-corrected chi connectivity index (χ0v) is 12.7. The van der Waals surface area contributed by atoms with Gasteiger partial charge >= 0.3 is 12.0 Å². The molecule has 2 unspecified atom stereocenters. The summed E-state index contributed by atoms with van der Waals surface area (Å²) in [6, 6.07) is -0.380. The first-order valence-corrected chi connectivity index (χ1v) is 7.90. The Balaban J connectivity index is 2.02. The number of aliphatic hydroxyl groups excluding tert-OH is 1. The van der Waals surface area contributed by atoms with Crippen LogP contribution in [0.4, 0.5) is 4.79 Å². The summed E-state index contributed by atoms with van der Waals surface area (Å²) in [6.45, 7) is 1.96. The van der Waals surface area contributed by atoms with Crippen molar-refractivity contribution in [3.8, 4) is 0 Å². The van der Waals surface area contributed by atoms with E-state index < -0.39 is 11.4 Å². The lowest BCUT2D eigenvalue weighted by Gasteiger charge is -2.33. The average Bonchev–Trinajstić information content (AvgIpc) is 3.07. The summed E-state index contributed by atoms with van der Waals surface area (Å²) in [5.74, 6) is -0.847. The molecule has 3 N–H and O–H groups in total. The fourth-order valence-corrected chi connectivity index (χ4v) is 3.66. The van der Waals surface area contributed by atoms with E-state index in [1.807, 2.05) is 0 Å². The van der Waals surface area contributed by atoms with Crippen LogP contribution in [0.2, 0.25) is 0 Å². The minimum Gasteiger partial charge on any atom is -0.481 e. The van der Waals surface area contributed by atoms with E-state index in [0.29, 0.717) is 19.4 Å². The number of carbonyl (C=O) groups is 2. The highest BCUT2D eigenvalue weighted by molar-refractivity contribution is 5.79. The lowest BCUT2D eigenvalue weighted by molar-refractivity contribution is -0.148. The van der Waals surface area contributed by atoms with Crippen LogP contribution in [-0.2, 0) is 4.79 Å². The molecule has 0 saturated heterocycles. The molecule has 2 aliphatic carbocycles. The summed E-state index contributed by atoms with van der Waals surface area (Å²) >= 11 is 0. The van der Waals surface area contributed by atoms with Gasteiger partial charge in [0.2, 0.25) is 0 Å².